The van der Waals surface area contributed by atoms with E-state index in [1.54, 1.807) is 12.3 Å². The lowest BCUT2D eigenvalue weighted by atomic mass is 9.98. The number of nitrogens with one attached hydrogen (secondary N) is 1. The topological polar surface area (TPSA) is 99.3 Å². The number of H-pyrrole nitrogens is 1. The van der Waals surface area contributed by atoms with Crippen LogP contribution in [0.25, 0.3) is 22.2 Å². The van der Waals surface area contributed by atoms with Gasteiger partial charge in [0, 0.05) is 73.6 Å². The number of rotatable bonds is 8. The lowest BCUT2D eigenvalue weighted by Gasteiger charge is -2.41. The first-order chi connectivity index (χ1) is 19.4. The number of aromatic nitrogens is 3. The fourth-order valence-corrected chi connectivity index (χ4v) is 6.58. The predicted molar refractivity (Wildman–Crippen MR) is 158 cm³/mol. The maximum Gasteiger partial charge on any atom is 0.178 e. The van der Waals surface area contributed by atoms with Gasteiger partial charge in [-0.25, -0.2) is 22.8 Å². The summed E-state index contributed by atoms with van der Waals surface area (Å²) < 4.78 is 39.0. The van der Waals surface area contributed by atoms with Crippen LogP contribution in [0.3, 0.4) is 0 Å². The van der Waals surface area contributed by atoms with E-state index < -0.39 is 15.7 Å². The van der Waals surface area contributed by atoms with Crippen molar-refractivity contribution < 1.29 is 17.6 Å². The first-order valence-corrected chi connectivity index (χ1v) is 15.7. The number of hydrogen-bond donors (Lipinski definition) is 1. The van der Waals surface area contributed by atoms with Gasteiger partial charge in [-0.3, -0.25) is 9.69 Å². The minimum atomic E-state index is -3.70. The number of benzene rings is 2. The van der Waals surface area contributed by atoms with Crippen molar-refractivity contribution in [3.63, 3.8) is 0 Å². The Balaban J connectivity index is 1.42. The Morgan fingerprint density at radius 3 is 2.63 bits per heavy atom. The smallest absolute Gasteiger partial charge is 0.178 e. The van der Waals surface area contributed by atoms with Crippen LogP contribution in [0.4, 0.5) is 4.39 Å². The molecule has 0 radical (unpaired) electrons. The third kappa shape index (κ3) is 5.95. The highest BCUT2D eigenvalue weighted by molar-refractivity contribution is 7.90. The lowest BCUT2D eigenvalue weighted by Crippen LogP contribution is -2.55. The Morgan fingerprint density at radius 2 is 1.90 bits per heavy atom. The molecule has 0 saturated carbocycles. The molecule has 2 aromatic carbocycles. The summed E-state index contributed by atoms with van der Waals surface area (Å²) in [5.41, 5.74) is 4.44. The zero-order chi connectivity index (χ0) is 29.5. The number of ketones is 1. The van der Waals surface area contributed by atoms with Gasteiger partial charge in [-0.1, -0.05) is 30.3 Å². The van der Waals surface area contributed by atoms with Crippen molar-refractivity contribution in [1.82, 2.24) is 24.8 Å². The molecule has 10 heteroatoms. The Kier molecular flexibility index (Phi) is 8.09. The third-order valence-corrected chi connectivity index (χ3v) is 9.19. The summed E-state index contributed by atoms with van der Waals surface area (Å²) >= 11 is 0. The number of carbonyl (C=O) groups excluding carboxylic acids is 1. The molecular weight excluding hydrogens is 541 g/mol. The van der Waals surface area contributed by atoms with Gasteiger partial charge in [0.2, 0.25) is 0 Å². The molecule has 1 aliphatic heterocycles. The summed E-state index contributed by atoms with van der Waals surface area (Å²) in [5.74, 6) is -0.211. The molecule has 0 amide bonds. The molecule has 5 rings (SSSR count). The molecule has 0 unspecified atom stereocenters. The number of halogens is 1. The molecule has 2 atom stereocenters. The van der Waals surface area contributed by atoms with E-state index in [1.807, 2.05) is 38.2 Å². The number of aryl methyl sites for hydroxylation is 1. The second-order valence-electron chi connectivity index (χ2n) is 11.2. The lowest BCUT2D eigenvalue weighted by molar-refractivity contribution is -0.124. The molecule has 41 heavy (non-hydrogen) atoms. The molecule has 0 spiro atoms. The minimum Gasteiger partial charge on any atom is -0.360 e. The van der Waals surface area contributed by atoms with Crippen LogP contribution in [-0.4, -0.2) is 84.0 Å². The van der Waals surface area contributed by atoms with Crippen LogP contribution in [0, 0.1) is 12.7 Å². The van der Waals surface area contributed by atoms with Crippen molar-refractivity contribution in [2.45, 2.75) is 50.6 Å². The van der Waals surface area contributed by atoms with E-state index >= 15 is 4.39 Å². The fraction of sp³-hybridized carbons (Fsp3) is 0.387. The number of fused-ring (bicyclic) bond motifs is 1. The van der Waals surface area contributed by atoms with Crippen LogP contribution >= 0.6 is 0 Å². The van der Waals surface area contributed by atoms with E-state index in [1.165, 1.54) is 12.1 Å². The number of aromatic amines is 1. The van der Waals surface area contributed by atoms with Crippen LogP contribution in [0.5, 0.6) is 0 Å². The standard InChI is InChI=1S/C31H36FN5O3S/c1-19-16-33-28(15-22-8-7-11-27(29(22)32)41(5,39)40)35-30(19)25-17-34-31-23(9-6-10-24(25)31)14-26(38)21(3)37-13-12-36(4)18-20(37)2/h6-11,16-17,20-21,34H,12-15,18H2,1-5H3/t20-,21+/m1/s1. The predicted octanol–water partition coefficient (Wildman–Crippen LogP) is 4.20. The van der Waals surface area contributed by atoms with E-state index in [2.05, 4.69) is 33.7 Å². The van der Waals surface area contributed by atoms with Crippen LogP contribution < -0.4 is 0 Å². The molecule has 1 aliphatic rings. The van der Waals surface area contributed by atoms with Crippen LogP contribution in [-0.2, 0) is 27.5 Å². The van der Waals surface area contributed by atoms with Crippen molar-refractivity contribution in [3.05, 3.63) is 77.1 Å². The Labute approximate surface area is 240 Å². The highest BCUT2D eigenvalue weighted by atomic mass is 32.2. The van der Waals surface area contributed by atoms with Crippen molar-refractivity contribution in [3.8, 4) is 11.3 Å². The number of Topliss-reactive ketones (excluding diaryl/α,β-unsaturated/α-hetero) is 1. The molecule has 0 aliphatic carbocycles. The average molecular weight is 578 g/mol. The minimum absolute atomic E-state index is 0.0488. The Morgan fingerprint density at radius 1 is 1.17 bits per heavy atom. The average Bonchev–Trinajstić information content (AvgIpc) is 3.35. The van der Waals surface area contributed by atoms with E-state index in [-0.39, 0.29) is 28.7 Å². The van der Waals surface area contributed by atoms with Crippen molar-refractivity contribution in [2.75, 3.05) is 32.9 Å². The first kappa shape index (κ1) is 29.0. The number of piperazine rings is 1. The molecule has 3 heterocycles. The zero-order valence-electron chi connectivity index (χ0n) is 24.1. The van der Waals surface area contributed by atoms with Crippen molar-refractivity contribution in [1.29, 1.82) is 0 Å². The number of hydrogen-bond acceptors (Lipinski definition) is 7. The molecule has 4 aromatic rings. The highest BCUT2D eigenvalue weighted by Gasteiger charge is 2.29. The molecule has 0 bridgehead atoms. The van der Waals surface area contributed by atoms with Gasteiger partial charge in [0.25, 0.3) is 0 Å². The molecule has 216 valence electrons. The Bertz CT molecular complexity index is 1720. The SMILES string of the molecule is Cc1cnc(Cc2cccc(S(C)(=O)=O)c2F)nc1-c1c[nH]c2c(CC(=O)[C@H](C)N3CCN(C)C[C@H]3C)cccc12. The van der Waals surface area contributed by atoms with Gasteiger partial charge >= 0.3 is 0 Å². The number of nitrogens with zero attached hydrogens (tertiary/aromatic N) is 4. The maximum absolute atomic E-state index is 15.0. The number of likely N-dealkylation sites (N-methyl/N-ethyl adjacent to an activating group) is 1. The van der Waals surface area contributed by atoms with E-state index in [4.69, 9.17) is 4.98 Å². The van der Waals surface area contributed by atoms with E-state index in [9.17, 15) is 13.2 Å². The van der Waals surface area contributed by atoms with Gasteiger partial charge in [0.05, 0.1) is 11.7 Å². The van der Waals surface area contributed by atoms with Gasteiger partial charge in [-0.2, -0.15) is 0 Å². The molecule has 1 fully saturated rings. The molecule has 1 N–H and O–H groups in total. The van der Waals surface area contributed by atoms with E-state index in [0.717, 1.165) is 53.5 Å². The maximum atomic E-state index is 15.0. The van der Waals surface area contributed by atoms with Gasteiger partial charge in [-0.15, -0.1) is 0 Å². The highest BCUT2D eigenvalue weighted by Crippen LogP contribution is 2.32. The molecule has 8 nitrogen and oxygen atoms in total. The Hall–Kier alpha value is -3.47. The van der Waals surface area contributed by atoms with Crippen LogP contribution in [0.1, 0.15) is 36.4 Å². The second-order valence-corrected chi connectivity index (χ2v) is 13.2. The van der Waals surface area contributed by atoms with Crippen molar-refractivity contribution in [2.24, 2.45) is 0 Å². The first-order valence-electron chi connectivity index (χ1n) is 13.8. The summed E-state index contributed by atoms with van der Waals surface area (Å²) in [7, 11) is -1.59. The summed E-state index contributed by atoms with van der Waals surface area (Å²) in [6.07, 6.45) is 4.94. The summed E-state index contributed by atoms with van der Waals surface area (Å²) in [5, 5.41) is 0.939. The molecular formula is C31H36FN5O3S. The second kappa shape index (κ2) is 11.4. The van der Waals surface area contributed by atoms with Crippen molar-refractivity contribution >= 4 is 26.5 Å². The number of sulfone groups is 1. The van der Waals surface area contributed by atoms with Crippen LogP contribution in [0.2, 0.25) is 0 Å². The monoisotopic (exact) mass is 577 g/mol. The molecule has 1 saturated heterocycles. The quantitative estimate of drug-likeness (QED) is 0.335. The zero-order valence-corrected chi connectivity index (χ0v) is 24.9. The normalized spacial score (nSPS) is 17.7. The van der Waals surface area contributed by atoms with Gasteiger partial charge < -0.3 is 9.88 Å². The third-order valence-electron chi connectivity index (χ3n) is 8.08. The number of carbonyl (C=O) groups is 1. The van der Waals surface area contributed by atoms with Gasteiger partial charge in [0.1, 0.15) is 16.5 Å². The summed E-state index contributed by atoms with van der Waals surface area (Å²) in [4.78, 5) is 30.2. The summed E-state index contributed by atoms with van der Waals surface area (Å²) in [6, 6.07) is 10.4. The van der Waals surface area contributed by atoms with E-state index in [0.29, 0.717) is 24.0 Å². The molecule has 2 aromatic heterocycles. The summed E-state index contributed by atoms with van der Waals surface area (Å²) in [6.45, 7) is 8.86. The fourth-order valence-electron chi connectivity index (χ4n) is 5.80. The number of para-hydroxylation sites is 1. The van der Waals surface area contributed by atoms with Gasteiger partial charge in [-0.05, 0) is 50.6 Å². The van der Waals surface area contributed by atoms with Crippen LogP contribution in [0.15, 0.2) is 53.7 Å². The van der Waals surface area contributed by atoms with Gasteiger partial charge in [0.15, 0.2) is 15.6 Å². The largest absolute Gasteiger partial charge is 0.360 e.